The van der Waals surface area contributed by atoms with Gasteiger partial charge in [0.1, 0.15) is 0 Å². The Kier molecular flexibility index (Phi) is 4.57. The Hall–Kier alpha value is -1.66. The average molecular weight is 361 g/mol. The van der Waals surface area contributed by atoms with Crippen molar-refractivity contribution in [3.05, 3.63) is 67.6 Å². The molecule has 20 heavy (non-hydrogen) atoms. The van der Waals surface area contributed by atoms with Crippen molar-refractivity contribution >= 4 is 33.2 Å². The van der Waals surface area contributed by atoms with Crippen molar-refractivity contribution in [1.29, 1.82) is 0 Å². The normalized spacial score (nSPS) is 11.9. The summed E-state index contributed by atoms with van der Waals surface area (Å²) in [7, 11) is 0. The van der Waals surface area contributed by atoms with Gasteiger partial charge in [-0.1, -0.05) is 45.7 Å². The lowest BCUT2D eigenvalue weighted by Gasteiger charge is -2.13. The van der Waals surface area contributed by atoms with Crippen LogP contribution in [-0.4, -0.2) is 4.92 Å². The molecule has 0 bridgehead atoms. The van der Waals surface area contributed by atoms with Crippen molar-refractivity contribution in [2.75, 3.05) is 0 Å². The van der Waals surface area contributed by atoms with Gasteiger partial charge >= 0.3 is 5.69 Å². The molecule has 0 saturated heterocycles. The van der Waals surface area contributed by atoms with Crippen LogP contribution in [-0.2, 0) is 0 Å². The Morgan fingerprint density at radius 3 is 2.65 bits per heavy atom. The van der Waals surface area contributed by atoms with Crippen LogP contribution in [0.3, 0.4) is 0 Å². The lowest BCUT2D eigenvalue weighted by atomic mass is 10.2. The van der Waals surface area contributed by atoms with Gasteiger partial charge in [-0.25, -0.2) is 0 Å². The number of hydrogen-bond acceptors (Lipinski definition) is 3. The summed E-state index contributed by atoms with van der Waals surface area (Å²) in [5.41, 5.74) is -0.135. The van der Waals surface area contributed by atoms with Crippen molar-refractivity contribution in [2.45, 2.75) is 6.36 Å². The second-order valence-electron chi connectivity index (χ2n) is 3.82. The smallest absolute Gasteiger partial charge is 0.312 e. The van der Waals surface area contributed by atoms with Crippen molar-refractivity contribution in [3.8, 4) is 5.75 Å². The molecular formula is C13H8BrClFNO3. The monoisotopic (exact) mass is 359 g/mol. The van der Waals surface area contributed by atoms with Crippen LogP contribution in [0, 0.1) is 10.1 Å². The summed E-state index contributed by atoms with van der Waals surface area (Å²) in [5, 5.41) is 11.1. The molecule has 0 spiro atoms. The molecular weight excluding hydrogens is 353 g/mol. The molecule has 2 rings (SSSR count). The predicted octanol–water partition coefficient (Wildman–Crippen LogP) is 5.06. The third kappa shape index (κ3) is 3.26. The number of nitrogens with zero attached hydrogens (tertiary/aromatic N) is 1. The maximum atomic E-state index is 14.1. The number of ether oxygens (including phenoxy) is 1. The van der Waals surface area contributed by atoms with Crippen molar-refractivity contribution in [3.63, 3.8) is 0 Å². The lowest BCUT2D eigenvalue weighted by Crippen LogP contribution is -2.04. The summed E-state index contributed by atoms with van der Waals surface area (Å²) in [6, 6.07) is 10.3. The van der Waals surface area contributed by atoms with E-state index in [1.165, 1.54) is 18.2 Å². The van der Waals surface area contributed by atoms with Crippen molar-refractivity contribution in [2.24, 2.45) is 0 Å². The summed E-state index contributed by atoms with van der Waals surface area (Å²) in [5.74, 6) is -0.178. The molecule has 0 N–H and O–H groups in total. The molecule has 1 unspecified atom stereocenters. The average Bonchev–Trinajstić information content (AvgIpc) is 2.41. The topological polar surface area (TPSA) is 52.4 Å². The van der Waals surface area contributed by atoms with E-state index in [4.69, 9.17) is 16.3 Å². The highest BCUT2D eigenvalue weighted by Crippen LogP contribution is 2.35. The third-order valence-electron chi connectivity index (χ3n) is 2.50. The number of alkyl halides is 1. The summed E-state index contributed by atoms with van der Waals surface area (Å²) in [6.07, 6.45) is -1.83. The lowest BCUT2D eigenvalue weighted by molar-refractivity contribution is -0.386. The van der Waals surface area contributed by atoms with Gasteiger partial charge < -0.3 is 4.74 Å². The first-order valence-corrected chi connectivity index (χ1v) is 6.65. The van der Waals surface area contributed by atoms with Gasteiger partial charge in [-0.3, -0.25) is 10.1 Å². The molecule has 0 heterocycles. The van der Waals surface area contributed by atoms with Gasteiger partial charge in [0.2, 0.25) is 5.75 Å². The summed E-state index contributed by atoms with van der Waals surface area (Å²) in [4.78, 5) is 10.2. The van der Waals surface area contributed by atoms with E-state index >= 15 is 0 Å². The highest BCUT2D eigenvalue weighted by atomic mass is 79.9. The van der Waals surface area contributed by atoms with Gasteiger partial charge in [0.25, 0.3) is 6.36 Å². The molecule has 2 aromatic rings. The fourth-order valence-corrected chi connectivity index (χ4v) is 2.20. The van der Waals surface area contributed by atoms with E-state index in [1.54, 1.807) is 18.2 Å². The number of nitro groups is 1. The number of halogens is 3. The minimum atomic E-state index is -1.83. The number of rotatable bonds is 4. The zero-order chi connectivity index (χ0) is 14.7. The van der Waals surface area contributed by atoms with Crippen molar-refractivity contribution in [1.82, 2.24) is 0 Å². The van der Waals surface area contributed by atoms with Crippen LogP contribution in [0.15, 0.2) is 46.9 Å². The Morgan fingerprint density at radius 1 is 1.30 bits per heavy atom. The number of hydrogen-bond donors (Lipinski definition) is 0. The maximum absolute atomic E-state index is 14.1. The van der Waals surface area contributed by atoms with E-state index in [0.717, 1.165) is 6.07 Å². The fourth-order valence-electron chi connectivity index (χ4n) is 1.57. The van der Waals surface area contributed by atoms with Gasteiger partial charge in [-0.2, -0.15) is 4.39 Å². The molecule has 4 nitrogen and oxygen atoms in total. The van der Waals surface area contributed by atoms with Crippen LogP contribution in [0.25, 0.3) is 0 Å². The number of benzene rings is 2. The third-order valence-corrected chi connectivity index (χ3v) is 3.46. The van der Waals surface area contributed by atoms with Gasteiger partial charge in [0.15, 0.2) is 0 Å². The summed E-state index contributed by atoms with van der Waals surface area (Å²) < 4.78 is 19.7. The molecule has 0 fully saturated rings. The zero-order valence-corrected chi connectivity index (χ0v) is 12.3. The first-order valence-electron chi connectivity index (χ1n) is 5.48. The second kappa shape index (κ2) is 6.19. The maximum Gasteiger partial charge on any atom is 0.312 e. The Morgan fingerprint density at radius 2 is 2.00 bits per heavy atom. The molecule has 0 aliphatic carbocycles. The highest BCUT2D eigenvalue weighted by molar-refractivity contribution is 9.10. The molecule has 0 aliphatic heterocycles. The second-order valence-corrected chi connectivity index (χ2v) is 5.12. The SMILES string of the molecule is O=[N+]([O-])c1cc(Cl)ccc1OC(F)c1ccccc1Br. The summed E-state index contributed by atoms with van der Waals surface area (Å²) in [6.45, 7) is 0. The molecule has 0 aromatic heterocycles. The highest BCUT2D eigenvalue weighted by Gasteiger charge is 2.21. The van der Waals surface area contributed by atoms with Gasteiger partial charge in [0, 0.05) is 21.1 Å². The zero-order valence-electron chi connectivity index (χ0n) is 9.92. The van der Waals surface area contributed by atoms with Crippen LogP contribution in [0.1, 0.15) is 11.9 Å². The molecule has 0 radical (unpaired) electrons. The Balaban J connectivity index is 2.31. The van der Waals surface area contributed by atoms with E-state index in [2.05, 4.69) is 15.9 Å². The van der Waals surface area contributed by atoms with Crippen LogP contribution in [0.4, 0.5) is 10.1 Å². The van der Waals surface area contributed by atoms with E-state index in [-0.39, 0.29) is 22.0 Å². The van der Waals surface area contributed by atoms with Crippen LogP contribution in [0.5, 0.6) is 5.75 Å². The molecule has 2 aromatic carbocycles. The number of nitro benzene ring substituents is 1. The first kappa shape index (κ1) is 14.7. The van der Waals surface area contributed by atoms with E-state index < -0.39 is 11.3 Å². The standard InChI is InChI=1S/C13H8BrClFNO3/c14-10-4-2-1-3-9(10)13(16)20-12-6-5-8(15)7-11(12)17(18)19/h1-7,13H. The Labute approximate surface area is 127 Å². The quantitative estimate of drug-likeness (QED) is 0.566. The Bertz CT molecular complexity index is 653. The minimum Gasteiger partial charge on any atom is -0.449 e. The van der Waals surface area contributed by atoms with Gasteiger partial charge in [-0.05, 0) is 18.2 Å². The van der Waals surface area contributed by atoms with Gasteiger partial charge in [0.05, 0.1) is 4.92 Å². The first-order chi connectivity index (χ1) is 9.49. The molecule has 104 valence electrons. The minimum absolute atomic E-state index is 0.178. The molecule has 0 aliphatic rings. The van der Waals surface area contributed by atoms with Gasteiger partial charge in [-0.15, -0.1) is 0 Å². The molecule has 1 atom stereocenters. The van der Waals surface area contributed by atoms with Crippen molar-refractivity contribution < 1.29 is 14.1 Å². The molecule has 7 heteroatoms. The predicted molar refractivity (Wildman–Crippen MR) is 76.7 cm³/mol. The molecule has 0 saturated carbocycles. The summed E-state index contributed by atoms with van der Waals surface area (Å²) >= 11 is 8.87. The van der Waals surface area contributed by atoms with Crippen LogP contribution in [0.2, 0.25) is 5.02 Å². The largest absolute Gasteiger partial charge is 0.449 e. The molecule has 0 amide bonds. The van der Waals surface area contributed by atoms with E-state index in [1.807, 2.05) is 0 Å². The van der Waals surface area contributed by atoms with Crippen LogP contribution >= 0.6 is 27.5 Å². The fraction of sp³-hybridized carbons (Fsp3) is 0.0769. The van der Waals surface area contributed by atoms with E-state index in [9.17, 15) is 14.5 Å². The van der Waals surface area contributed by atoms with E-state index in [0.29, 0.717) is 4.47 Å². The van der Waals surface area contributed by atoms with Crippen LogP contribution < -0.4 is 4.74 Å².